The van der Waals surface area contributed by atoms with Gasteiger partial charge < -0.3 is 15.1 Å². The van der Waals surface area contributed by atoms with Crippen LogP contribution in [0.2, 0.25) is 0 Å². The smallest absolute Gasteiger partial charge is 0.324 e. The molecular weight excluding hydrogens is 530 g/mol. The average Bonchev–Trinajstić information content (AvgIpc) is 3.33. The molecule has 0 saturated carbocycles. The summed E-state index contributed by atoms with van der Waals surface area (Å²) in [6, 6.07) is 7.57. The minimum absolute atomic E-state index is 0.0985. The Bertz CT molecular complexity index is 1460. The number of nitrogens with zero attached hydrogens (tertiary/aromatic N) is 2. The Balaban J connectivity index is 1.40. The van der Waals surface area contributed by atoms with E-state index in [4.69, 9.17) is 0 Å². The van der Waals surface area contributed by atoms with E-state index in [9.17, 15) is 32.2 Å². The second-order valence-electron chi connectivity index (χ2n) is 11.1. The lowest BCUT2D eigenvalue weighted by atomic mass is 9.89. The first kappa shape index (κ1) is 26.9. The molecule has 206 valence electrons. The Labute approximate surface area is 226 Å². The molecule has 9 nitrogen and oxygen atoms in total. The van der Waals surface area contributed by atoms with Crippen LogP contribution in [0, 0.1) is 11.6 Å². The molecule has 39 heavy (non-hydrogen) atoms. The van der Waals surface area contributed by atoms with Crippen molar-refractivity contribution in [2.24, 2.45) is 0 Å². The molecule has 2 heterocycles. The van der Waals surface area contributed by atoms with Gasteiger partial charge in [-0.2, -0.15) is 0 Å². The van der Waals surface area contributed by atoms with Crippen LogP contribution in [0.4, 0.5) is 19.3 Å². The van der Waals surface area contributed by atoms with Gasteiger partial charge in [-0.05, 0) is 61.7 Å². The van der Waals surface area contributed by atoms with E-state index < -0.39 is 62.6 Å². The summed E-state index contributed by atoms with van der Waals surface area (Å²) < 4.78 is 39.9. The number of imide groups is 1. The maximum Gasteiger partial charge on any atom is 0.324 e. The molecule has 5 rings (SSSR count). The van der Waals surface area contributed by atoms with Crippen molar-refractivity contribution in [3.05, 3.63) is 64.7 Å². The number of fused-ring (bicyclic) bond motifs is 1. The lowest BCUT2D eigenvalue weighted by molar-refractivity contribution is -0.143. The van der Waals surface area contributed by atoms with Crippen LogP contribution in [-0.2, 0) is 43.6 Å². The van der Waals surface area contributed by atoms with Crippen LogP contribution in [0.1, 0.15) is 37.5 Å². The van der Waals surface area contributed by atoms with Crippen LogP contribution in [0.5, 0.6) is 0 Å². The van der Waals surface area contributed by atoms with Gasteiger partial charge in [-0.3, -0.25) is 23.9 Å². The Morgan fingerprint density at radius 3 is 2.28 bits per heavy atom. The van der Waals surface area contributed by atoms with E-state index in [0.29, 0.717) is 18.2 Å². The van der Waals surface area contributed by atoms with Gasteiger partial charge in [0.15, 0.2) is 0 Å². The topological polar surface area (TPSA) is 116 Å². The number of hydrogen-bond donors (Lipinski definition) is 2. The van der Waals surface area contributed by atoms with Gasteiger partial charge in [0.1, 0.15) is 28.5 Å². The maximum absolute atomic E-state index is 14.1. The van der Waals surface area contributed by atoms with Crippen LogP contribution >= 0.6 is 0 Å². The summed E-state index contributed by atoms with van der Waals surface area (Å²) in [4.78, 5) is 53.9. The standard InChI is InChI=1S/C27H28F2N4O5S/c1-25(2)23(36)33(26(3,14-39(25)38)17-8-18(28)10-19(29)9-17)13-21(34)30-20-6-5-15-11-27(12-16(15)7-20)22(35)31-24(37)32(27)4/h5-10H,11-14H2,1-4H3,(H,30,34)(H,31,35,37)/t26-,27+,39?/m1/s1. The van der Waals surface area contributed by atoms with Crippen molar-refractivity contribution in [2.45, 2.75) is 49.4 Å². The summed E-state index contributed by atoms with van der Waals surface area (Å²) in [5, 5.41) is 5.10. The van der Waals surface area contributed by atoms with Crippen molar-refractivity contribution >= 4 is 40.2 Å². The van der Waals surface area contributed by atoms with Gasteiger partial charge in [0.2, 0.25) is 11.8 Å². The van der Waals surface area contributed by atoms with Crippen LogP contribution < -0.4 is 10.6 Å². The first-order chi connectivity index (χ1) is 18.2. The average molecular weight is 559 g/mol. The van der Waals surface area contributed by atoms with Crippen molar-refractivity contribution in [1.29, 1.82) is 0 Å². The second-order valence-corrected chi connectivity index (χ2v) is 13.1. The van der Waals surface area contributed by atoms with E-state index >= 15 is 0 Å². The molecular formula is C27H28F2N4O5S. The molecule has 2 N–H and O–H groups in total. The van der Waals surface area contributed by atoms with E-state index in [1.165, 1.54) is 23.6 Å². The molecule has 0 bridgehead atoms. The highest BCUT2D eigenvalue weighted by atomic mass is 32.2. The quantitative estimate of drug-likeness (QED) is 0.559. The summed E-state index contributed by atoms with van der Waals surface area (Å²) in [6.45, 7) is 4.12. The summed E-state index contributed by atoms with van der Waals surface area (Å²) in [5.41, 5.74) is -0.216. The molecule has 1 spiro atoms. The predicted molar refractivity (Wildman–Crippen MR) is 139 cm³/mol. The van der Waals surface area contributed by atoms with Crippen molar-refractivity contribution in [3.8, 4) is 0 Å². The molecule has 0 radical (unpaired) electrons. The van der Waals surface area contributed by atoms with E-state index in [-0.39, 0.29) is 23.6 Å². The highest BCUT2D eigenvalue weighted by Gasteiger charge is 2.55. The number of rotatable bonds is 4. The molecule has 2 aliphatic heterocycles. The number of anilines is 1. The molecule has 0 aromatic heterocycles. The normalized spacial score (nSPS) is 27.6. The van der Waals surface area contributed by atoms with Gasteiger partial charge in [-0.15, -0.1) is 0 Å². The van der Waals surface area contributed by atoms with Crippen LogP contribution in [0.3, 0.4) is 0 Å². The SMILES string of the molecule is CN1C(=O)NC(=O)[C@@]12Cc1ccc(NC(=O)CN3C(=O)C(C)(C)S(=O)C[C@]3(C)c3cc(F)cc(F)c3)cc1C2. The first-order valence-corrected chi connectivity index (χ1v) is 13.7. The van der Waals surface area contributed by atoms with Gasteiger partial charge in [0, 0.05) is 42.4 Å². The molecule has 2 saturated heterocycles. The van der Waals surface area contributed by atoms with Gasteiger partial charge in [0.05, 0.1) is 11.3 Å². The number of likely N-dealkylation sites (N-methyl/N-ethyl adjacent to an activating group) is 1. The number of carbonyl (C=O) groups is 4. The number of halogens is 2. The third-order valence-corrected chi connectivity index (χ3v) is 10.3. The van der Waals surface area contributed by atoms with Crippen molar-refractivity contribution in [3.63, 3.8) is 0 Å². The monoisotopic (exact) mass is 558 g/mol. The Hall–Kier alpha value is -3.67. The van der Waals surface area contributed by atoms with Gasteiger partial charge in [0.25, 0.3) is 5.91 Å². The van der Waals surface area contributed by atoms with Crippen molar-refractivity contribution in [1.82, 2.24) is 15.1 Å². The summed E-state index contributed by atoms with van der Waals surface area (Å²) in [6.07, 6.45) is 0.635. The van der Waals surface area contributed by atoms with Gasteiger partial charge >= 0.3 is 6.03 Å². The fourth-order valence-electron chi connectivity index (χ4n) is 5.63. The fourth-order valence-corrected chi connectivity index (χ4v) is 7.13. The summed E-state index contributed by atoms with van der Waals surface area (Å²) >= 11 is 0. The van der Waals surface area contributed by atoms with Crippen molar-refractivity contribution in [2.75, 3.05) is 24.7 Å². The van der Waals surface area contributed by atoms with E-state index in [1.807, 2.05) is 0 Å². The first-order valence-electron chi connectivity index (χ1n) is 12.4. The zero-order valence-corrected chi connectivity index (χ0v) is 22.7. The number of hydrogen-bond acceptors (Lipinski definition) is 5. The van der Waals surface area contributed by atoms with Gasteiger partial charge in [-0.1, -0.05) is 6.07 Å². The van der Waals surface area contributed by atoms with Crippen LogP contribution in [0.15, 0.2) is 36.4 Å². The molecule has 3 aliphatic rings. The zero-order chi connectivity index (χ0) is 28.5. The Morgan fingerprint density at radius 2 is 1.67 bits per heavy atom. The largest absolute Gasteiger partial charge is 0.325 e. The highest BCUT2D eigenvalue weighted by Crippen LogP contribution is 2.40. The summed E-state index contributed by atoms with van der Waals surface area (Å²) in [7, 11) is -0.109. The van der Waals surface area contributed by atoms with Crippen molar-refractivity contribution < 1.29 is 32.2 Å². The van der Waals surface area contributed by atoms with Crippen LogP contribution in [0.25, 0.3) is 0 Å². The zero-order valence-electron chi connectivity index (χ0n) is 21.9. The van der Waals surface area contributed by atoms with E-state index in [2.05, 4.69) is 10.6 Å². The highest BCUT2D eigenvalue weighted by molar-refractivity contribution is 7.87. The Kier molecular flexibility index (Phi) is 6.17. The predicted octanol–water partition coefficient (Wildman–Crippen LogP) is 2.21. The van der Waals surface area contributed by atoms with Crippen LogP contribution in [-0.4, -0.2) is 67.4 Å². The number of amides is 5. The lowest BCUT2D eigenvalue weighted by Gasteiger charge is -2.49. The molecule has 5 amide bonds. The summed E-state index contributed by atoms with van der Waals surface area (Å²) in [5.74, 6) is -3.32. The minimum Gasteiger partial charge on any atom is -0.325 e. The van der Waals surface area contributed by atoms with E-state index in [0.717, 1.165) is 23.3 Å². The minimum atomic E-state index is -1.68. The fraction of sp³-hybridized carbons (Fsp3) is 0.407. The molecule has 3 atom stereocenters. The molecule has 1 aliphatic carbocycles. The number of nitrogens with one attached hydrogen (secondary N) is 2. The molecule has 2 fully saturated rings. The number of benzene rings is 2. The van der Waals surface area contributed by atoms with E-state index in [1.54, 1.807) is 32.2 Å². The molecule has 12 heteroatoms. The molecule has 2 aromatic rings. The third kappa shape index (κ3) is 4.21. The number of urea groups is 1. The van der Waals surface area contributed by atoms with Gasteiger partial charge in [-0.25, -0.2) is 13.6 Å². The Morgan fingerprint density at radius 1 is 1.03 bits per heavy atom. The maximum atomic E-state index is 14.1. The second kappa shape index (κ2) is 8.94. The number of carbonyl (C=O) groups excluding carboxylic acids is 4. The lowest BCUT2D eigenvalue weighted by Crippen LogP contribution is -2.65. The molecule has 2 aromatic carbocycles. The third-order valence-electron chi connectivity index (χ3n) is 8.17. The molecule has 1 unspecified atom stereocenters.